The van der Waals surface area contributed by atoms with Gasteiger partial charge in [-0.3, -0.25) is 9.69 Å². The number of piperidine rings is 1. The molecule has 0 aromatic heterocycles. The lowest BCUT2D eigenvalue weighted by atomic mass is 9.90. The van der Waals surface area contributed by atoms with Crippen LogP contribution in [0.15, 0.2) is 0 Å². The largest absolute Gasteiger partial charge is 0.352 e. The van der Waals surface area contributed by atoms with Gasteiger partial charge in [-0.15, -0.1) is 0 Å². The SMILES string of the molecule is CCC(C1CC1)N1CC(C)CC(NC(=O)C(C)(C)C)C1. The number of amides is 1. The molecule has 1 amide bonds. The van der Waals surface area contributed by atoms with E-state index >= 15 is 0 Å². The van der Waals surface area contributed by atoms with Crippen molar-refractivity contribution in [3.63, 3.8) is 0 Å². The van der Waals surface area contributed by atoms with E-state index in [1.165, 1.54) is 25.8 Å². The standard InChI is InChI=1S/C17H32N2O/c1-6-15(13-7-8-13)19-10-12(2)9-14(11-19)18-16(20)17(3,4)5/h12-15H,6-11H2,1-5H3,(H,18,20). The van der Waals surface area contributed by atoms with Crippen molar-refractivity contribution >= 4 is 5.91 Å². The van der Waals surface area contributed by atoms with E-state index in [1.807, 2.05) is 20.8 Å². The first-order valence-corrected chi connectivity index (χ1v) is 8.36. The van der Waals surface area contributed by atoms with Crippen molar-refractivity contribution in [2.45, 2.75) is 72.4 Å². The van der Waals surface area contributed by atoms with Crippen LogP contribution in [-0.2, 0) is 4.79 Å². The second-order valence-electron chi connectivity index (χ2n) is 8.03. The summed E-state index contributed by atoms with van der Waals surface area (Å²) in [4.78, 5) is 14.9. The van der Waals surface area contributed by atoms with Gasteiger partial charge in [0.1, 0.15) is 0 Å². The van der Waals surface area contributed by atoms with Crippen LogP contribution in [-0.4, -0.2) is 36.0 Å². The van der Waals surface area contributed by atoms with Crippen molar-refractivity contribution in [1.82, 2.24) is 10.2 Å². The maximum absolute atomic E-state index is 12.2. The number of nitrogens with zero attached hydrogens (tertiary/aromatic N) is 1. The molecule has 20 heavy (non-hydrogen) atoms. The fraction of sp³-hybridized carbons (Fsp3) is 0.941. The lowest BCUT2D eigenvalue weighted by Gasteiger charge is -2.42. The van der Waals surface area contributed by atoms with Crippen molar-refractivity contribution < 1.29 is 4.79 Å². The van der Waals surface area contributed by atoms with Crippen LogP contribution in [0.5, 0.6) is 0 Å². The van der Waals surface area contributed by atoms with Crippen molar-refractivity contribution in [3.05, 3.63) is 0 Å². The number of rotatable bonds is 4. The van der Waals surface area contributed by atoms with Gasteiger partial charge in [0.05, 0.1) is 0 Å². The Morgan fingerprint density at radius 3 is 2.45 bits per heavy atom. The molecule has 1 aliphatic heterocycles. The van der Waals surface area contributed by atoms with Gasteiger partial charge in [0.15, 0.2) is 0 Å². The Morgan fingerprint density at radius 1 is 1.30 bits per heavy atom. The number of nitrogens with one attached hydrogen (secondary N) is 1. The van der Waals surface area contributed by atoms with Crippen molar-refractivity contribution in [2.24, 2.45) is 17.3 Å². The highest BCUT2D eigenvalue weighted by Gasteiger charge is 2.38. The van der Waals surface area contributed by atoms with Gasteiger partial charge in [-0.1, -0.05) is 34.6 Å². The minimum atomic E-state index is -0.286. The van der Waals surface area contributed by atoms with Gasteiger partial charge in [0.25, 0.3) is 0 Å². The molecule has 116 valence electrons. The molecule has 0 bridgehead atoms. The summed E-state index contributed by atoms with van der Waals surface area (Å²) in [7, 11) is 0. The molecular weight excluding hydrogens is 248 g/mol. The molecule has 3 atom stereocenters. The van der Waals surface area contributed by atoms with Crippen LogP contribution >= 0.6 is 0 Å². The third-order valence-corrected chi connectivity index (χ3v) is 4.76. The normalized spacial score (nSPS) is 30.1. The second-order valence-corrected chi connectivity index (χ2v) is 8.03. The van der Waals surface area contributed by atoms with Gasteiger partial charge in [0.2, 0.25) is 5.91 Å². The van der Waals surface area contributed by atoms with Crippen LogP contribution in [0, 0.1) is 17.3 Å². The molecule has 2 aliphatic rings. The van der Waals surface area contributed by atoms with Gasteiger partial charge in [0, 0.05) is 30.6 Å². The summed E-state index contributed by atoms with van der Waals surface area (Å²) in [6, 6.07) is 1.07. The van der Waals surface area contributed by atoms with Crippen LogP contribution in [0.1, 0.15) is 60.3 Å². The van der Waals surface area contributed by atoms with E-state index < -0.39 is 0 Å². The van der Waals surface area contributed by atoms with Crippen molar-refractivity contribution in [3.8, 4) is 0 Å². The summed E-state index contributed by atoms with van der Waals surface area (Å²) in [5.74, 6) is 1.79. The number of hydrogen-bond acceptors (Lipinski definition) is 2. The zero-order chi connectivity index (χ0) is 14.9. The summed E-state index contributed by atoms with van der Waals surface area (Å²) >= 11 is 0. The number of hydrogen-bond donors (Lipinski definition) is 1. The molecule has 0 radical (unpaired) electrons. The fourth-order valence-electron chi connectivity index (χ4n) is 3.54. The third kappa shape index (κ3) is 3.97. The second kappa shape index (κ2) is 6.05. The minimum absolute atomic E-state index is 0.191. The molecule has 3 unspecified atom stereocenters. The highest BCUT2D eigenvalue weighted by molar-refractivity contribution is 5.81. The van der Waals surface area contributed by atoms with Crippen molar-refractivity contribution in [1.29, 1.82) is 0 Å². The van der Waals surface area contributed by atoms with Gasteiger partial charge in [-0.05, 0) is 37.5 Å². The topological polar surface area (TPSA) is 32.3 Å². The molecule has 0 aromatic carbocycles. The van der Waals surface area contributed by atoms with Gasteiger partial charge in [-0.25, -0.2) is 0 Å². The first kappa shape index (κ1) is 15.8. The molecule has 3 heteroatoms. The van der Waals surface area contributed by atoms with Crippen LogP contribution in [0.4, 0.5) is 0 Å². The van der Waals surface area contributed by atoms with E-state index in [9.17, 15) is 4.79 Å². The molecule has 3 nitrogen and oxygen atoms in total. The average Bonchev–Trinajstić information content (AvgIpc) is 3.12. The van der Waals surface area contributed by atoms with E-state index in [4.69, 9.17) is 0 Å². The molecular formula is C17H32N2O. The summed E-state index contributed by atoms with van der Waals surface area (Å²) in [6.07, 6.45) is 5.18. The maximum atomic E-state index is 12.2. The zero-order valence-corrected chi connectivity index (χ0v) is 13.9. The van der Waals surface area contributed by atoms with E-state index in [0.29, 0.717) is 12.0 Å². The smallest absolute Gasteiger partial charge is 0.225 e. The van der Waals surface area contributed by atoms with E-state index in [2.05, 4.69) is 24.1 Å². The van der Waals surface area contributed by atoms with Gasteiger partial charge >= 0.3 is 0 Å². The molecule has 2 fully saturated rings. The lowest BCUT2D eigenvalue weighted by molar-refractivity contribution is -0.129. The average molecular weight is 280 g/mol. The molecule has 0 spiro atoms. The number of carbonyl (C=O) groups excluding carboxylic acids is 1. The third-order valence-electron chi connectivity index (χ3n) is 4.76. The Balaban J connectivity index is 1.95. The first-order chi connectivity index (χ1) is 9.31. The maximum Gasteiger partial charge on any atom is 0.225 e. The molecule has 1 saturated carbocycles. The van der Waals surface area contributed by atoms with Crippen molar-refractivity contribution in [2.75, 3.05) is 13.1 Å². The van der Waals surface area contributed by atoms with Crippen LogP contribution in [0.3, 0.4) is 0 Å². The van der Waals surface area contributed by atoms with E-state index in [-0.39, 0.29) is 11.3 Å². The predicted octanol–water partition coefficient (Wildman–Crippen LogP) is 3.05. The summed E-state index contributed by atoms with van der Waals surface area (Å²) in [5, 5.41) is 3.28. The number of carbonyl (C=O) groups is 1. The predicted molar refractivity (Wildman–Crippen MR) is 83.5 cm³/mol. The Hall–Kier alpha value is -0.570. The van der Waals surface area contributed by atoms with Crippen LogP contribution < -0.4 is 5.32 Å². The highest BCUT2D eigenvalue weighted by Crippen LogP contribution is 2.38. The van der Waals surface area contributed by atoms with Crippen LogP contribution in [0.2, 0.25) is 0 Å². The van der Waals surface area contributed by atoms with Crippen LogP contribution in [0.25, 0.3) is 0 Å². The molecule has 0 aromatic rings. The molecule has 1 heterocycles. The monoisotopic (exact) mass is 280 g/mol. The quantitative estimate of drug-likeness (QED) is 0.858. The Bertz CT molecular complexity index is 343. The Kier molecular flexibility index (Phi) is 4.78. The summed E-state index contributed by atoms with van der Waals surface area (Å²) in [5.41, 5.74) is -0.286. The number of likely N-dealkylation sites (tertiary alicyclic amines) is 1. The Labute approximate surface area is 124 Å². The fourth-order valence-corrected chi connectivity index (χ4v) is 3.54. The first-order valence-electron chi connectivity index (χ1n) is 8.36. The molecule has 1 aliphatic carbocycles. The zero-order valence-electron chi connectivity index (χ0n) is 13.9. The molecule has 1 saturated heterocycles. The van der Waals surface area contributed by atoms with E-state index in [1.54, 1.807) is 0 Å². The van der Waals surface area contributed by atoms with E-state index in [0.717, 1.165) is 24.9 Å². The van der Waals surface area contributed by atoms with Gasteiger partial charge in [-0.2, -0.15) is 0 Å². The highest BCUT2D eigenvalue weighted by atomic mass is 16.2. The minimum Gasteiger partial charge on any atom is -0.352 e. The summed E-state index contributed by atoms with van der Waals surface area (Å²) < 4.78 is 0. The summed E-state index contributed by atoms with van der Waals surface area (Å²) in [6.45, 7) is 12.9. The Morgan fingerprint density at radius 2 is 1.95 bits per heavy atom. The molecule has 1 N–H and O–H groups in total. The van der Waals surface area contributed by atoms with Gasteiger partial charge < -0.3 is 5.32 Å². The lowest BCUT2D eigenvalue weighted by Crippen LogP contribution is -2.55. The molecule has 2 rings (SSSR count).